The van der Waals surface area contributed by atoms with Gasteiger partial charge in [0.05, 0.1) is 0 Å². The van der Waals surface area contributed by atoms with E-state index in [1.54, 1.807) is 0 Å². The van der Waals surface area contributed by atoms with Crippen LogP contribution in [-0.2, 0) is 0 Å². The van der Waals surface area contributed by atoms with Gasteiger partial charge in [-0.1, -0.05) is 164 Å². The fourth-order valence-electron chi connectivity index (χ4n) is 6.80. The first-order valence-corrected chi connectivity index (χ1v) is 17.2. The Bertz CT molecular complexity index is 2360. The lowest BCUT2D eigenvalue weighted by Crippen LogP contribution is -2.09. The molecule has 3 atom stereocenters. The lowest BCUT2D eigenvalue weighted by molar-refractivity contribution is 0.701. The third kappa shape index (κ3) is 6.69. The van der Waals surface area contributed by atoms with Gasteiger partial charge in [-0.25, -0.2) is 15.0 Å². The predicted molar refractivity (Wildman–Crippen MR) is 209 cm³/mol. The van der Waals surface area contributed by atoms with Crippen LogP contribution in [0.1, 0.15) is 28.8 Å². The summed E-state index contributed by atoms with van der Waals surface area (Å²) in [4.78, 5) is 19.9. The van der Waals surface area contributed by atoms with Crippen molar-refractivity contribution in [2.75, 3.05) is 6.54 Å². The molecule has 8 rings (SSSR count). The first kappa shape index (κ1) is 31.0. The van der Waals surface area contributed by atoms with Crippen molar-refractivity contribution in [3.8, 4) is 22.8 Å². The second-order valence-corrected chi connectivity index (χ2v) is 12.6. The number of nitrogens with zero attached hydrogens (tertiary/aromatic N) is 4. The summed E-state index contributed by atoms with van der Waals surface area (Å²) in [7, 11) is 0. The van der Waals surface area contributed by atoms with E-state index in [0.29, 0.717) is 24.0 Å². The van der Waals surface area contributed by atoms with E-state index in [1.165, 1.54) is 21.9 Å². The summed E-state index contributed by atoms with van der Waals surface area (Å²) in [5.74, 6) is 2.51. The molecule has 2 heterocycles. The van der Waals surface area contributed by atoms with Crippen molar-refractivity contribution in [3.63, 3.8) is 0 Å². The summed E-state index contributed by atoms with van der Waals surface area (Å²) >= 11 is 0. The molecule has 0 radical (unpaired) electrons. The van der Waals surface area contributed by atoms with Gasteiger partial charge in [0.2, 0.25) is 0 Å². The second kappa shape index (κ2) is 14.5. The van der Waals surface area contributed by atoms with Crippen LogP contribution in [0.5, 0.6) is 0 Å². The van der Waals surface area contributed by atoms with E-state index < -0.39 is 0 Å². The number of rotatable bonds is 6. The molecule has 0 saturated heterocycles. The van der Waals surface area contributed by atoms with E-state index in [4.69, 9.17) is 15.0 Å². The summed E-state index contributed by atoms with van der Waals surface area (Å²) in [5, 5.41) is 4.67. The van der Waals surface area contributed by atoms with Crippen LogP contribution in [0.15, 0.2) is 181 Å². The van der Waals surface area contributed by atoms with Gasteiger partial charge in [-0.2, -0.15) is 0 Å². The van der Waals surface area contributed by atoms with E-state index in [9.17, 15) is 0 Å². The maximum absolute atomic E-state index is 5.15. The van der Waals surface area contributed by atoms with Crippen molar-refractivity contribution >= 4 is 33.8 Å². The van der Waals surface area contributed by atoms with Gasteiger partial charge in [-0.05, 0) is 50.9 Å². The largest absolute Gasteiger partial charge is 0.292 e. The lowest BCUT2D eigenvalue weighted by Gasteiger charge is -2.21. The van der Waals surface area contributed by atoms with Crippen molar-refractivity contribution in [1.82, 2.24) is 15.0 Å². The number of allylic oxidation sites excluding steroid dienone is 10. The predicted octanol–water partition coefficient (Wildman–Crippen LogP) is 10.9. The van der Waals surface area contributed by atoms with E-state index in [1.807, 2.05) is 24.4 Å². The Morgan fingerprint density at radius 3 is 2.12 bits per heavy atom. The van der Waals surface area contributed by atoms with Crippen molar-refractivity contribution in [3.05, 3.63) is 193 Å². The fourth-order valence-corrected chi connectivity index (χ4v) is 6.80. The highest BCUT2D eigenvalue weighted by molar-refractivity contribution is 6.13. The lowest BCUT2D eigenvalue weighted by atomic mass is 9.83. The third-order valence-electron chi connectivity index (χ3n) is 9.37. The Balaban J connectivity index is 1.22. The molecule has 0 bridgehead atoms. The van der Waals surface area contributed by atoms with Crippen LogP contribution in [0, 0.1) is 5.92 Å². The Hall–Kier alpha value is -6.26. The fraction of sp³-hybridized carbons (Fsp3) is 0.0870. The van der Waals surface area contributed by atoms with Gasteiger partial charge in [-0.3, -0.25) is 4.99 Å². The average molecular weight is 645 g/mol. The minimum atomic E-state index is 0.169. The molecule has 240 valence electrons. The van der Waals surface area contributed by atoms with Crippen LogP contribution in [0.25, 0.3) is 50.4 Å². The third-order valence-corrected chi connectivity index (χ3v) is 9.37. The summed E-state index contributed by atoms with van der Waals surface area (Å²) in [6, 6.07) is 38.5. The molecule has 50 heavy (non-hydrogen) atoms. The minimum Gasteiger partial charge on any atom is -0.292 e. The van der Waals surface area contributed by atoms with Gasteiger partial charge >= 0.3 is 0 Å². The summed E-state index contributed by atoms with van der Waals surface area (Å²) in [6.07, 6.45) is 27.2. The summed E-state index contributed by atoms with van der Waals surface area (Å²) in [5.41, 5.74) is 4.41. The number of fused-ring (bicyclic) bond motifs is 3. The minimum absolute atomic E-state index is 0.169. The normalized spacial score (nSPS) is 20.7. The molecule has 1 aromatic heterocycles. The van der Waals surface area contributed by atoms with E-state index >= 15 is 0 Å². The number of hydrogen-bond donors (Lipinski definition) is 0. The molecule has 1 aliphatic carbocycles. The smallest absolute Gasteiger partial charge is 0.164 e. The molecule has 2 aliphatic rings. The SMILES string of the molecule is C1=CC(/C=C/c2nc(-c3ccc(C4/C=C/C=C\C=C/C=NC4)cc3)nc(-c3cc4ccccc4c4ccccc34)n2)C(c2ccccc2)C=C1. The molecule has 3 unspecified atom stereocenters. The first-order chi connectivity index (χ1) is 24.8. The second-order valence-electron chi connectivity index (χ2n) is 12.6. The number of aromatic nitrogens is 3. The average Bonchev–Trinajstić information content (AvgIpc) is 3.19. The van der Waals surface area contributed by atoms with E-state index in [-0.39, 0.29) is 17.8 Å². The van der Waals surface area contributed by atoms with Crippen LogP contribution >= 0.6 is 0 Å². The zero-order valence-electron chi connectivity index (χ0n) is 27.6. The Labute approximate surface area is 293 Å². The van der Waals surface area contributed by atoms with Crippen LogP contribution < -0.4 is 0 Å². The van der Waals surface area contributed by atoms with Gasteiger partial charge in [0.25, 0.3) is 0 Å². The maximum atomic E-state index is 5.15. The molecular weight excluding hydrogens is 609 g/mol. The van der Waals surface area contributed by atoms with E-state index in [0.717, 1.165) is 21.9 Å². The highest BCUT2D eigenvalue weighted by Crippen LogP contribution is 2.35. The Kier molecular flexibility index (Phi) is 8.98. The number of benzene rings is 5. The van der Waals surface area contributed by atoms with Crippen molar-refractivity contribution < 1.29 is 0 Å². The van der Waals surface area contributed by atoms with Gasteiger partial charge < -0.3 is 0 Å². The van der Waals surface area contributed by atoms with Gasteiger partial charge in [0, 0.05) is 41.6 Å². The Morgan fingerprint density at radius 1 is 0.540 bits per heavy atom. The Morgan fingerprint density at radius 2 is 1.24 bits per heavy atom. The number of hydrogen-bond acceptors (Lipinski definition) is 4. The van der Waals surface area contributed by atoms with Gasteiger partial charge in [0.15, 0.2) is 17.5 Å². The van der Waals surface area contributed by atoms with Crippen molar-refractivity contribution in [1.29, 1.82) is 0 Å². The first-order valence-electron chi connectivity index (χ1n) is 17.2. The standard InChI is InChI=1S/C46H36N4/c1-2-5-19-38(32-47-30-14-3-1)33-24-26-36(27-25-33)45-48-44(29-28-35-17-8-10-20-39(35)34-15-6-4-7-16-34)49-46(50-45)43-31-37-18-9-11-21-40(37)41-22-12-13-23-42(41)43/h1-31,35,38-39H,32H2/b2-1-,14-3-,19-5+,29-28+,47-30?. The zero-order valence-corrected chi connectivity index (χ0v) is 27.6. The molecule has 0 amide bonds. The van der Waals surface area contributed by atoms with Crippen LogP contribution in [0.4, 0.5) is 0 Å². The highest BCUT2D eigenvalue weighted by atomic mass is 15.0. The summed E-state index contributed by atoms with van der Waals surface area (Å²) in [6.45, 7) is 0.683. The van der Waals surface area contributed by atoms with Crippen molar-refractivity contribution in [2.45, 2.75) is 11.8 Å². The molecule has 0 fully saturated rings. The molecule has 0 saturated carbocycles. The van der Waals surface area contributed by atoms with Crippen LogP contribution in [0.3, 0.4) is 0 Å². The zero-order chi connectivity index (χ0) is 33.5. The number of aliphatic imine (C=N–C) groups is 1. The molecule has 1 aliphatic heterocycles. The quantitative estimate of drug-likeness (QED) is 0.170. The van der Waals surface area contributed by atoms with Crippen LogP contribution in [0.2, 0.25) is 0 Å². The summed E-state index contributed by atoms with van der Waals surface area (Å²) < 4.78 is 0. The molecular formula is C46H36N4. The highest BCUT2D eigenvalue weighted by Gasteiger charge is 2.19. The molecule has 6 aromatic rings. The molecule has 0 N–H and O–H groups in total. The molecule has 4 nitrogen and oxygen atoms in total. The van der Waals surface area contributed by atoms with Gasteiger partial charge in [-0.15, -0.1) is 0 Å². The van der Waals surface area contributed by atoms with Crippen LogP contribution in [-0.4, -0.2) is 27.7 Å². The van der Waals surface area contributed by atoms with Gasteiger partial charge in [0.1, 0.15) is 0 Å². The monoisotopic (exact) mass is 644 g/mol. The topological polar surface area (TPSA) is 51.0 Å². The molecule has 5 aromatic carbocycles. The molecule has 4 heteroatoms. The van der Waals surface area contributed by atoms with E-state index in [2.05, 4.69) is 169 Å². The maximum Gasteiger partial charge on any atom is 0.164 e. The molecule has 0 spiro atoms. The van der Waals surface area contributed by atoms with Crippen molar-refractivity contribution in [2.24, 2.45) is 10.9 Å².